The van der Waals surface area contributed by atoms with E-state index >= 15 is 0 Å². The Balaban J connectivity index is 2.98. The standard InChI is InChI=1S/C13H17Cl2NO2/c1-4-12(13(17)18)16(3)8(2)10-6-5-9(14)7-11(10)15/h5-8,12H,4H2,1-3H3,(H,17,18). The van der Waals surface area contributed by atoms with Gasteiger partial charge in [-0.25, -0.2) is 0 Å². The third-order valence-corrected chi connectivity index (χ3v) is 3.75. The first kappa shape index (κ1) is 15.3. The highest BCUT2D eigenvalue weighted by molar-refractivity contribution is 6.35. The van der Waals surface area contributed by atoms with E-state index in [2.05, 4.69) is 0 Å². The molecule has 0 amide bonds. The van der Waals surface area contributed by atoms with Crippen molar-refractivity contribution in [1.82, 2.24) is 4.90 Å². The molecule has 1 aromatic rings. The lowest BCUT2D eigenvalue weighted by Crippen LogP contribution is -2.39. The Morgan fingerprint density at radius 2 is 2.06 bits per heavy atom. The van der Waals surface area contributed by atoms with Gasteiger partial charge in [0, 0.05) is 16.1 Å². The smallest absolute Gasteiger partial charge is 0.320 e. The van der Waals surface area contributed by atoms with Crippen LogP contribution in [0.5, 0.6) is 0 Å². The molecule has 0 saturated heterocycles. The highest BCUT2D eigenvalue weighted by Crippen LogP contribution is 2.30. The van der Waals surface area contributed by atoms with Crippen LogP contribution in [0.25, 0.3) is 0 Å². The normalized spacial score (nSPS) is 14.6. The highest BCUT2D eigenvalue weighted by Gasteiger charge is 2.26. The lowest BCUT2D eigenvalue weighted by molar-refractivity contribution is -0.143. The van der Waals surface area contributed by atoms with Crippen LogP contribution in [0.2, 0.25) is 10.0 Å². The van der Waals surface area contributed by atoms with Crippen molar-refractivity contribution in [2.24, 2.45) is 0 Å². The Morgan fingerprint density at radius 1 is 1.44 bits per heavy atom. The minimum absolute atomic E-state index is 0.0872. The average molecular weight is 290 g/mol. The maximum Gasteiger partial charge on any atom is 0.320 e. The van der Waals surface area contributed by atoms with Crippen molar-refractivity contribution >= 4 is 29.2 Å². The van der Waals surface area contributed by atoms with Crippen molar-refractivity contribution in [1.29, 1.82) is 0 Å². The summed E-state index contributed by atoms with van der Waals surface area (Å²) in [6, 6.07) is 4.65. The Kier molecular flexibility index (Phi) is 5.45. The summed E-state index contributed by atoms with van der Waals surface area (Å²) in [5.41, 5.74) is 0.878. The Morgan fingerprint density at radius 3 is 2.50 bits per heavy atom. The maximum absolute atomic E-state index is 11.2. The summed E-state index contributed by atoms with van der Waals surface area (Å²) in [5, 5.41) is 10.3. The van der Waals surface area contributed by atoms with Gasteiger partial charge < -0.3 is 5.11 Å². The van der Waals surface area contributed by atoms with Gasteiger partial charge in [0.05, 0.1) is 0 Å². The molecule has 1 aromatic carbocycles. The van der Waals surface area contributed by atoms with E-state index in [4.69, 9.17) is 28.3 Å². The summed E-state index contributed by atoms with van der Waals surface area (Å²) >= 11 is 12.0. The molecule has 5 heteroatoms. The molecular weight excluding hydrogens is 273 g/mol. The van der Waals surface area contributed by atoms with Gasteiger partial charge in [-0.15, -0.1) is 0 Å². The molecule has 1 N–H and O–H groups in total. The van der Waals surface area contributed by atoms with Crippen molar-refractivity contribution in [3.8, 4) is 0 Å². The van der Waals surface area contributed by atoms with Gasteiger partial charge in [0.2, 0.25) is 0 Å². The van der Waals surface area contributed by atoms with Crippen molar-refractivity contribution in [2.75, 3.05) is 7.05 Å². The highest BCUT2D eigenvalue weighted by atomic mass is 35.5. The summed E-state index contributed by atoms with van der Waals surface area (Å²) in [6.45, 7) is 3.78. The number of rotatable bonds is 5. The maximum atomic E-state index is 11.2. The Labute approximate surface area is 117 Å². The van der Waals surface area contributed by atoms with Gasteiger partial charge in [0.15, 0.2) is 0 Å². The Hall–Kier alpha value is -0.770. The topological polar surface area (TPSA) is 40.5 Å². The molecule has 1 rings (SSSR count). The van der Waals surface area contributed by atoms with E-state index in [-0.39, 0.29) is 6.04 Å². The minimum Gasteiger partial charge on any atom is -0.480 e. The van der Waals surface area contributed by atoms with Crippen LogP contribution >= 0.6 is 23.2 Å². The molecule has 0 bridgehead atoms. The lowest BCUT2D eigenvalue weighted by atomic mass is 10.0. The number of aliphatic carboxylic acids is 1. The molecule has 0 heterocycles. The van der Waals surface area contributed by atoms with Gasteiger partial charge in [0.25, 0.3) is 0 Å². The number of likely N-dealkylation sites (N-methyl/N-ethyl adjacent to an activating group) is 1. The zero-order valence-electron chi connectivity index (χ0n) is 10.7. The molecule has 0 aliphatic carbocycles. The number of halogens is 2. The fourth-order valence-electron chi connectivity index (χ4n) is 1.97. The first-order chi connectivity index (χ1) is 8.38. The van der Waals surface area contributed by atoms with Crippen LogP contribution in [0.1, 0.15) is 31.9 Å². The van der Waals surface area contributed by atoms with E-state index in [1.165, 1.54) is 0 Å². The van der Waals surface area contributed by atoms with Crippen molar-refractivity contribution in [3.63, 3.8) is 0 Å². The van der Waals surface area contributed by atoms with E-state index in [0.717, 1.165) is 5.56 Å². The summed E-state index contributed by atoms with van der Waals surface area (Å²) in [4.78, 5) is 13.0. The van der Waals surface area contributed by atoms with Gasteiger partial charge >= 0.3 is 5.97 Å². The van der Waals surface area contributed by atoms with E-state index < -0.39 is 12.0 Å². The van der Waals surface area contributed by atoms with Crippen LogP contribution in [0.15, 0.2) is 18.2 Å². The molecule has 0 aliphatic heterocycles. The zero-order chi connectivity index (χ0) is 13.9. The SMILES string of the molecule is CCC(C(=O)O)N(C)C(C)c1ccc(Cl)cc1Cl. The van der Waals surface area contributed by atoms with Crippen LogP contribution in [-0.2, 0) is 4.79 Å². The fraction of sp³-hybridized carbons (Fsp3) is 0.462. The van der Waals surface area contributed by atoms with E-state index in [0.29, 0.717) is 16.5 Å². The van der Waals surface area contributed by atoms with Gasteiger partial charge in [-0.1, -0.05) is 36.2 Å². The molecule has 0 saturated carbocycles. The zero-order valence-corrected chi connectivity index (χ0v) is 12.2. The van der Waals surface area contributed by atoms with Gasteiger partial charge in [-0.3, -0.25) is 9.69 Å². The number of benzene rings is 1. The number of carboxylic acids is 1. The average Bonchev–Trinajstić information content (AvgIpc) is 2.28. The van der Waals surface area contributed by atoms with E-state index in [1.807, 2.05) is 19.9 Å². The van der Waals surface area contributed by atoms with Crippen LogP contribution < -0.4 is 0 Å². The largest absolute Gasteiger partial charge is 0.480 e. The second-order valence-electron chi connectivity index (χ2n) is 4.27. The van der Waals surface area contributed by atoms with Crippen LogP contribution in [0.4, 0.5) is 0 Å². The number of hydrogen-bond acceptors (Lipinski definition) is 2. The van der Waals surface area contributed by atoms with Crippen LogP contribution in [-0.4, -0.2) is 29.1 Å². The third-order valence-electron chi connectivity index (χ3n) is 3.19. The molecule has 100 valence electrons. The summed E-state index contributed by atoms with van der Waals surface area (Å²) in [6.07, 6.45) is 0.543. The van der Waals surface area contributed by atoms with E-state index in [9.17, 15) is 4.79 Å². The first-order valence-corrected chi connectivity index (χ1v) is 6.53. The van der Waals surface area contributed by atoms with Gasteiger partial charge in [-0.2, -0.15) is 0 Å². The van der Waals surface area contributed by atoms with Gasteiger partial charge in [0.1, 0.15) is 6.04 Å². The van der Waals surface area contributed by atoms with Crippen LogP contribution in [0, 0.1) is 0 Å². The molecule has 0 aromatic heterocycles. The molecule has 0 fully saturated rings. The van der Waals surface area contributed by atoms with E-state index in [1.54, 1.807) is 24.1 Å². The van der Waals surface area contributed by atoms with Crippen molar-refractivity contribution in [2.45, 2.75) is 32.4 Å². The third kappa shape index (κ3) is 3.37. The first-order valence-electron chi connectivity index (χ1n) is 5.78. The molecule has 18 heavy (non-hydrogen) atoms. The molecule has 0 radical (unpaired) electrons. The quantitative estimate of drug-likeness (QED) is 0.895. The monoisotopic (exact) mass is 289 g/mol. The number of carbonyl (C=O) groups is 1. The molecule has 0 aliphatic rings. The Bertz CT molecular complexity index is 437. The second-order valence-corrected chi connectivity index (χ2v) is 5.11. The van der Waals surface area contributed by atoms with Crippen molar-refractivity contribution in [3.05, 3.63) is 33.8 Å². The summed E-state index contributed by atoms with van der Waals surface area (Å²) in [7, 11) is 1.79. The molecule has 2 unspecified atom stereocenters. The number of carboxylic acid groups (broad SMARTS) is 1. The minimum atomic E-state index is -0.822. The predicted molar refractivity (Wildman–Crippen MR) is 74.4 cm³/mol. The van der Waals surface area contributed by atoms with Gasteiger partial charge in [-0.05, 0) is 38.1 Å². The summed E-state index contributed by atoms with van der Waals surface area (Å²) in [5.74, 6) is -0.822. The van der Waals surface area contributed by atoms with Crippen molar-refractivity contribution < 1.29 is 9.90 Å². The number of hydrogen-bond donors (Lipinski definition) is 1. The summed E-state index contributed by atoms with van der Waals surface area (Å²) < 4.78 is 0. The molecule has 0 spiro atoms. The molecule has 2 atom stereocenters. The van der Waals surface area contributed by atoms with Crippen LogP contribution in [0.3, 0.4) is 0 Å². The predicted octanol–water partition coefficient (Wildman–Crippen LogP) is 3.85. The molecule has 3 nitrogen and oxygen atoms in total. The number of nitrogens with zero attached hydrogens (tertiary/aromatic N) is 1. The molecular formula is C13H17Cl2NO2. The fourth-order valence-corrected chi connectivity index (χ4v) is 2.53. The lowest BCUT2D eigenvalue weighted by Gasteiger charge is -2.30. The second kappa shape index (κ2) is 6.41.